The second-order valence-electron chi connectivity index (χ2n) is 12.0. The van der Waals surface area contributed by atoms with Gasteiger partial charge in [-0.2, -0.15) is 17.2 Å². The fourth-order valence-electron chi connectivity index (χ4n) is 8.27. The minimum Gasteiger partial charge on any atom is -0.393 e. The van der Waals surface area contributed by atoms with Gasteiger partial charge < -0.3 is 10.2 Å². The van der Waals surface area contributed by atoms with Crippen LogP contribution >= 0.6 is 0 Å². The molecule has 0 aromatic heterocycles. The lowest BCUT2D eigenvalue weighted by Crippen LogP contribution is -2.54. The van der Waals surface area contributed by atoms with Crippen molar-refractivity contribution < 1.29 is 36.4 Å². The third-order valence-corrected chi connectivity index (χ3v) is 10.4. The number of halogens is 3. The molecule has 6 nitrogen and oxygen atoms in total. The molecule has 4 rings (SSSR count). The molecule has 1 aromatic carbocycles. The number of benzene rings is 1. The van der Waals surface area contributed by atoms with Crippen molar-refractivity contribution in [3.8, 4) is 0 Å². The van der Waals surface area contributed by atoms with Crippen LogP contribution in [-0.4, -0.2) is 35.4 Å². The summed E-state index contributed by atoms with van der Waals surface area (Å²) in [7, 11) is -4.38. The Morgan fingerprint density at radius 1 is 1.21 bits per heavy atom. The first-order valence-corrected chi connectivity index (χ1v) is 15.3. The van der Waals surface area contributed by atoms with Crippen molar-refractivity contribution in [3.63, 3.8) is 0 Å². The van der Waals surface area contributed by atoms with E-state index in [0.717, 1.165) is 62.5 Å². The predicted octanol–water partition coefficient (Wildman–Crippen LogP) is 6.68. The molecule has 7 atom stereocenters. The standard InChI is InChI=1S/C29H40F3NO5S/c1-3-29-15-14-18-16-20(33-39(36,37)38)10-11-21(18)25(29)19(17-28(2)23(29)12-13-24(28)35)8-6-4-5-7-9-22(34)26(30)27(31)32/h3,10-11,16,19,22-25,33-35H,1,4-9,12-15,17H2,2H3,(H,36,37,38)/t19-,22?,23+,24-,25+,28-,29-/m0/s1. The Bertz CT molecular complexity index is 1200. The summed E-state index contributed by atoms with van der Waals surface area (Å²) in [6.45, 7) is 6.50. The predicted molar refractivity (Wildman–Crippen MR) is 144 cm³/mol. The number of aryl methyl sites for hydroxylation is 1. The van der Waals surface area contributed by atoms with E-state index >= 15 is 0 Å². The lowest BCUT2D eigenvalue weighted by atomic mass is 9.44. The third-order valence-electron chi connectivity index (χ3n) is 9.90. The summed E-state index contributed by atoms with van der Waals surface area (Å²) in [6.07, 6.45) is 5.25. The Labute approximate surface area is 229 Å². The summed E-state index contributed by atoms with van der Waals surface area (Å²) in [5, 5.41) is 20.6. The van der Waals surface area contributed by atoms with Crippen molar-refractivity contribution in [3.05, 3.63) is 53.9 Å². The molecule has 0 aliphatic heterocycles. The molecule has 1 aromatic rings. The number of anilines is 1. The van der Waals surface area contributed by atoms with E-state index in [2.05, 4.69) is 24.3 Å². The van der Waals surface area contributed by atoms with E-state index in [1.54, 1.807) is 12.1 Å². The number of nitrogens with one attached hydrogen (secondary N) is 1. The lowest BCUT2D eigenvalue weighted by Gasteiger charge is -2.60. The van der Waals surface area contributed by atoms with E-state index in [4.69, 9.17) is 0 Å². The smallest absolute Gasteiger partial charge is 0.357 e. The molecular weight excluding hydrogens is 531 g/mol. The van der Waals surface area contributed by atoms with Crippen molar-refractivity contribution in [1.29, 1.82) is 0 Å². The fourth-order valence-corrected chi connectivity index (χ4v) is 8.69. The van der Waals surface area contributed by atoms with Crippen molar-refractivity contribution in [2.75, 3.05) is 4.72 Å². The van der Waals surface area contributed by atoms with E-state index in [9.17, 15) is 36.4 Å². The lowest BCUT2D eigenvalue weighted by molar-refractivity contribution is -0.0812. The Hall–Kier alpha value is -1.88. The number of allylic oxidation sites excluding steroid dienone is 1. The molecular formula is C29H40F3NO5S. The van der Waals surface area contributed by atoms with Gasteiger partial charge in [-0.15, -0.1) is 6.58 Å². The minimum atomic E-state index is -4.38. The van der Waals surface area contributed by atoms with Gasteiger partial charge in [0, 0.05) is 0 Å². The average molecular weight is 572 g/mol. The summed E-state index contributed by atoms with van der Waals surface area (Å²) in [5.74, 6) is -1.08. The number of unbranched alkanes of at least 4 members (excludes halogenated alkanes) is 3. The molecule has 218 valence electrons. The highest BCUT2D eigenvalue weighted by Crippen LogP contribution is 2.69. The number of hydrogen-bond acceptors (Lipinski definition) is 4. The number of aliphatic hydroxyl groups is 2. The normalized spacial score (nSPS) is 32.5. The van der Waals surface area contributed by atoms with Crippen molar-refractivity contribution in [2.24, 2.45) is 22.7 Å². The van der Waals surface area contributed by atoms with Crippen LogP contribution in [0.15, 0.2) is 42.8 Å². The fraction of sp³-hybridized carbons (Fsp3) is 0.655. The Morgan fingerprint density at radius 3 is 2.59 bits per heavy atom. The molecule has 0 radical (unpaired) electrons. The highest BCUT2D eigenvalue weighted by atomic mass is 32.2. The minimum absolute atomic E-state index is 0.0476. The van der Waals surface area contributed by atoms with Gasteiger partial charge in [0.15, 0.2) is 5.83 Å². The monoisotopic (exact) mass is 571 g/mol. The zero-order valence-electron chi connectivity index (χ0n) is 22.4. The molecule has 10 heteroatoms. The van der Waals surface area contributed by atoms with Crippen molar-refractivity contribution >= 4 is 16.0 Å². The van der Waals surface area contributed by atoms with Crippen LogP contribution < -0.4 is 4.72 Å². The molecule has 3 aliphatic carbocycles. The molecule has 2 saturated carbocycles. The van der Waals surface area contributed by atoms with Gasteiger partial charge in [-0.25, -0.2) is 4.39 Å². The van der Waals surface area contributed by atoms with Gasteiger partial charge in [-0.3, -0.25) is 9.27 Å². The van der Waals surface area contributed by atoms with Crippen LogP contribution in [0, 0.1) is 22.7 Å². The average Bonchev–Trinajstić information content (AvgIpc) is 3.18. The molecule has 39 heavy (non-hydrogen) atoms. The molecule has 0 heterocycles. The van der Waals surface area contributed by atoms with Crippen LogP contribution in [0.4, 0.5) is 18.9 Å². The number of hydrogen-bond donors (Lipinski definition) is 4. The van der Waals surface area contributed by atoms with Crippen LogP contribution in [0.3, 0.4) is 0 Å². The van der Waals surface area contributed by atoms with Crippen LogP contribution in [0.25, 0.3) is 0 Å². The van der Waals surface area contributed by atoms with Gasteiger partial charge >= 0.3 is 16.4 Å². The van der Waals surface area contributed by atoms with Gasteiger partial charge in [0.05, 0.1) is 11.8 Å². The summed E-state index contributed by atoms with van der Waals surface area (Å²) < 4.78 is 72.0. The second-order valence-corrected chi connectivity index (χ2v) is 13.2. The number of aliphatic hydroxyl groups excluding tert-OH is 2. The van der Waals surface area contributed by atoms with E-state index in [-0.39, 0.29) is 41.1 Å². The topological polar surface area (TPSA) is 107 Å². The maximum Gasteiger partial charge on any atom is 0.357 e. The zero-order valence-corrected chi connectivity index (χ0v) is 23.2. The largest absolute Gasteiger partial charge is 0.393 e. The van der Waals surface area contributed by atoms with Crippen LogP contribution in [0.2, 0.25) is 0 Å². The summed E-state index contributed by atoms with van der Waals surface area (Å²) in [5.41, 5.74) is 2.09. The van der Waals surface area contributed by atoms with E-state index in [1.165, 1.54) is 0 Å². The molecule has 2 fully saturated rings. The van der Waals surface area contributed by atoms with Crippen LogP contribution in [0.5, 0.6) is 0 Å². The van der Waals surface area contributed by atoms with E-state index in [0.29, 0.717) is 18.5 Å². The maximum atomic E-state index is 13.2. The third kappa shape index (κ3) is 5.94. The molecule has 1 unspecified atom stereocenters. The second kappa shape index (κ2) is 11.5. The Morgan fingerprint density at radius 2 is 1.92 bits per heavy atom. The molecule has 3 aliphatic rings. The molecule has 0 amide bonds. The van der Waals surface area contributed by atoms with Gasteiger partial charge in [0.1, 0.15) is 6.10 Å². The van der Waals surface area contributed by atoms with Gasteiger partial charge in [-0.1, -0.05) is 44.7 Å². The van der Waals surface area contributed by atoms with Gasteiger partial charge in [0.2, 0.25) is 0 Å². The van der Waals surface area contributed by atoms with Gasteiger partial charge in [-0.05, 0) is 96.8 Å². The quantitative estimate of drug-likeness (QED) is 0.135. The summed E-state index contributed by atoms with van der Waals surface area (Å²) >= 11 is 0. The maximum absolute atomic E-state index is 13.2. The Balaban J connectivity index is 1.54. The molecule has 4 N–H and O–H groups in total. The highest BCUT2D eigenvalue weighted by Gasteiger charge is 2.63. The summed E-state index contributed by atoms with van der Waals surface area (Å²) in [6, 6.07) is 5.43. The van der Waals surface area contributed by atoms with E-state index in [1.807, 2.05) is 6.07 Å². The van der Waals surface area contributed by atoms with Crippen molar-refractivity contribution in [1.82, 2.24) is 0 Å². The highest BCUT2D eigenvalue weighted by molar-refractivity contribution is 7.87. The van der Waals surface area contributed by atoms with Crippen molar-refractivity contribution in [2.45, 2.75) is 95.7 Å². The molecule has 0 bridgehead atoms. The van der Waals surface area contributed by atoms with E-state index < -0.39 is 28.3 Å². The van der Waals surface area contributed by atoms with Crippen LogP contribution in [0.1, 0.15) is 88.2 Å². The first-order valence-electron chi connectivity index (χ1n) is 13.9. The zero-order chi connectivity index (χ0) is 28.6. The van der Waals surface area contributed by atoms with Gasteiger partial charge in [0.25, 0.3) is 0 Å². The first kappa shape index (κ1) is 30.1. The molecule has 0 spiro atoms. The molecule has 0 saturated heterocycles. The number of rotatable bonds is 11. The number of fused-ring (bicyclic) bond motifs is 5. The SMILES string of the molecule is C=C[C@@]12CCc3cc(NS(=O)(=O)O)ccc3[C@H]1[C@@H](CCCCCCC(O)C(F)=C(F)F)C[C@@]1(C)[C@H]2CC[C@@H]1O. The Kier molecular flexibility index (Phi) is 8.91. The first-order chi connectivity index (χ1) is 18.3. The van der Waals surface area contributed by atoms with Crippen LogP contribution in [-0.2, 0) is 16.7 Å². The summed E-state index contributed by atoms with van der Waals surface area (Å²) in [4.78, 5) is 0.